The van der Waals surface area contributed by atoms with Gasteiger partial charge in [-0.1, -0.05) is 0 Å². The van der Waals surface area contributed by atoms with E-state index in [2.05, 4.69) is 23.3 Å². The lowest BCUT2D eigenvalue weighted by Crippen LogP contribution is -2.56. The summed E-state index contributed by atoms with van der Waals surface area (Å²) in [6.07, 6.45) is 1.17. The highest BCUT2D eigenvalue weighted by atomic mass is 32.1. The van der Waals surface area contributed by atoms with Crippen molar-refractivity contribution < 1.29 is 24.3 Å². The standard InChI is InChI=1S/C13H22N4O5S/c1-7(13(21)22)15-11(19)8(6-23)16-12(20)9-3-2-4-17(9)10(18)5-14/h7-9,23H,2-6,14H2,1H3,(H,15,19)(H,16,20)(H,21,22). The van der Waals surface area contributed by atoms with E-state index in [0.29, 0.717) is 19.4 Å². The lowest BCUT2D eigenvalue weighted by molar-refractivity contribution is -0.142. The van der Waals surface area contributed by atoms with Crippen molar-refractivity contribution in [1.29, 1.82) is 0 Å². The monoisotopic (exact) mass is 346 g/mol. The van der Waals surface area contributed by atoms with Crippen molar-refractivity contribution in [2.75, 3.05) is 18.8 Å². The van der Waals surface area contributed by atoms with Crippen molar-refractivity contribution in [3.63, 3.8) is 0 Å². The molecule has 23 heavy (non-hydrogen) atoms. The molecule has 0 radical (unpaired) electrons. The topological polar surface area (TPSA) is 142 Å². The Balaban J connectivity index is 2.67. The summed E-state index contributed by atoms with van der Waals surface area (Å²) in [4.78, 5) is 48.1. The zero-order valence-corrected chi connectivity index (χ0v) is 13.7. The van der Waals surface area contributed by atoms with E-state index >= 15 is 0 Å². The first-order valence-electron chi connectivity index (χ1n) is 7.25. The Morgan fingerprint density at radius 3 is 2.52 bits per heavy atom. The van der Waals surface area contributed by atoms with Crippen molar-refractivity contribution >= 4 is 36.3 Å². The minimum Gasteiger partial charge on any atom is -0.480 e. The van der Waals surface area contributed by atoms with Gasteiger partial charge in [-0.05, 0) is 19.8 Å². The van der Waals surface area contributed by atoms with Gasteiger partial charge in [0, 0.05) is 12.3 Å². The number of hydrogen-bond donors (Lipinski definition) is 5. The van der Waals surface area contributed by atoms with Gasteiger partial charge in [-0.25, -0.2) is 0 Å². The van der Waals surface area contributed by atoms with Crippen molar-refractivity contribution in [2.24, 2.45) is 5.73 Å². The molecule has 1 rings (SSSR count). The maximum atomic E-state index is 12.3. The van der Waals surface area contributed by atoms with Crippen LogP contribution in [0.2, 0.25) is 0 Å². The van der Waals surface area contributed by atoms with Gasteiger partial charge in [0.25, 0.3) is 0 Å². The number of carboxylic acids is 1. The molecule has 0 aromatic carbocycles. The van der Waals surface area contributed by atoms with Crippen LogP contribution in [0.15, 0.2) is 0 Å². The molecule has 10 heteroatoms. The summed E-state index contributed by atoms with van der Waals surface area (Å²) >= 11 is 4.00. The quantitative estimate of drug-likeness (QED) is 0.336. The Labute approximate surface area is 139 Å². The molecule has 1 heterocycles. The SMILES string of the molecule is CC(NC(=O)C(CS)NC(=O)C1CCCN1C(=O)CN)C(=O)O. The molecule has 130 valence electrons. The van der Waals surface area contributed by atoms with E-state index in [9.17, 15) is 19.2 Å². The minimum atomic E-state index is -1.18. The molecule has 1 aliphatic rings. The number of carbonyl (C=O) groups excluding carboxylic acids is 3. The molecular weight excluding hydrogens is 324 g/mol. The number of carboxylic acid groups (broad SMARTS) is 1. The average molecular weight is 346 g/mol. The summed E-state index contributed by atoms with van der Waals surface area (Å²) in [7, 11) is 0. The Hall–Kier alpha value is -1.81. The van der Waals surface area contributed by atoms with Gasteiger partial charge in [0.15, 0.2) is 0 Å². The normalized spacial score (nSPS) is 19.8. The molecule has 1 aliphatic heterocycles. The van der Waals surface area contributed by atoms with E-state index in [1.54, 1.807) is 0 Å². The highest BCUT2D eigenvalue weighted by Crippen LogP contribution is 2.17. The van der Waals surface area contributed by atoms with E-state index in [4.69, 9.17) is 10.8 Å². The van der Waals surface area contributed by atoms with E-state index in [-0.39, 0.29) is 18.2 Å². The number of amides is 3. The molecule has 3 unspecified atom stereocenters. The molecule has 0 bridgehead atoms. The third-order valence-electron chi connectivity index (χ3n) is 3.60. The Morgan fingerprint density at radius 2 is 2.00 bits per heavy atom. The predicted octanol–water partition coefficient (Wildman–Crippen LogP) is -2.06. The molecule has 1 saturated heterocycles. The van der Waals surface area contributed by atoms with Gasteiger partial charge < -0.3 is 26.4 Å². The smallest absolute Gasteiger partial charge is 0.325 e. The molecule has 9 nitrogen and oxygen atoms in total. The van der Waals surface area contributed by atoms with Crippen molar-refractivity contribution in [1.82, 2.24) is 15.5 Å². The lowest BCUT2D eigenvalue weighted by Gasteiger charge is -2.25. The molecular formula is C13H22N4O5S. The first-order chi connectivity index (χ1) is 10.8. The van der Waals surface area contributed by atoms with E-state index in [0.717, 1.165) is 0 Å². The Morgan fingerprint density at radius 1 is 1.35 bits per heavy atom. The summed E-state index contributed by atoms with van der Waals surface area (Å²) in [6, 6.07) is -2.73. The number of nitrogens with zero attached hydrogens (tertiary/aromatic N) is 1. The first kappa shape index (κ1) is 19.2. The van der Waals surface area contributed by atoms with E-state index in [1.165, 1.54) is 11.8 Å². The molecule has 0 aromatic heterocycles. The summed E-state index contributed by atoms with van der Waals surface area (Å²) < 4.78 is 0. The molecule has 3 amide bonds. The van der Waals surface area contributed by atoms with Crippen LogP contribution in [0.5, 0.6) is 0 Å². The van der Waals surface area contributed by atoms with Crippen LogP contribution in [0.25, 0.3) is 0 Å². The second-order valence-corrected chi connectivity index (χ2v) is 5.63. The van der Waals surface area contributed by atoms with Gasteiger partial charge in [-0.2, -0.15) is 12.6 Å². The largest absolute Gasteiger partial charge is 0.480 e. The second-order valence-electron chi connectivity index (χ2n) is 5.26. The highest BCUT2D eigenvalue weighted by Gasteiger charge is 2.35. The second kappa shape index (κ2) is 8.73. The van der Waals surface area contributed by atoms with Crippen LogP contribution in [0.1, 0.15) is 19.8 Å². The summed E-state index contributed by atoms with van der Waals surface area (Å²) in [5, 5.41) is 13.6. The van der Waals surface area contributed by atoms with Crippen LogP contribution in [0.4, 0.5) is 0 Å². The van der Waals surface area contributed by atoms with E-state index < -0.39 is 35.9 Å². The Kier molecular flexibility index (Phi) is 7.30. The number of nitrogens with two attached hydrogens (primary N) is 1. The van der Waals surface area contributed by atoms with Crippen molar-refractivity contribution in [3.05, 3.63) is 0 Å². The molecule has 0 spiro atoms. The summed E-state index contributed by atoms with van der Waals surface area (Å²) in [5.74, 6) is -2.62. The number of carbonyl (C=O) groups is 4. The first-order valence-corrected chi connectivity index (χ1v) is 7.89. The fraction of sp³-hybridized carbons (Fsp3) is 0.692. The number of hydrogen-bond acceptors (Lipinski definition) is 6. The zero-order valence-electron chi connectivity index (χ0n) is 12.8. The summed E-state index contributed by atoms with van der Waals surface area (Å²) in [6.45, 7) is 1.58. The van der Waals surface area contributed by atoms with Crippen LogP contribution >= 0.6 is 12.6 Å². The van der Waals surface area contributed by atoms with Crippen LogP contribution in [0.3, 0.4) is 0 Å². The Bertz CT molecular complexity index is 487. The van der Waals surface area contributed by atoms with Crippen molar-refractivity contribution in [3.8, 4) is 0 Å². The van der Waals surface area contributed by atoms with Crippen LogP contribution < -0.4 is 16.4 Å². The molecule has 5 N–H and O–H groups in total. The van der Waals surface area contributed by atoms with Crippen molar-refractivity contribution in [2.45, 2.75) is 37.9 Å². The third kappa shape index (κ3) is 5.10. The number of nitrogens with one attached hydrogen (secondary N) is 2. The summed E-state index contributed by atoms with van der Waals surface area (Å²) in [5.41, 5.74) is 5.32. The lowest BCUT2D eigenvalue weighted by atomic mass is 10.2. The molecule has 1 fully saturated rings. The van der Waals surface area contributed by atoms with Crippen LogP contribution in [0, 0.1) is 0 Å². The third-order valence-corrected chi connectivity index (χ3v) is 3.96. The van der Waals surface area contributed by atoms with Gasteiger partial charge in [0.2, 0.25) is 17.7 Å². The van der Waals surface area contributed by atoms with E-state index in [1.807, 2.05) is 0 Å². The molecule has 0 aromatic rings. The predicted molar refractivity (Wildman–Crippen MR) is 84.8 cm³/mol. The number of rotatable bonds is 7. The van der Waals surface area contributed by atoms with Crippen LogP contribution in [-0.4, -0.2) is 70.7 Å². The van der Waals surface area contributed by atoms with Gasteiger partial charge in [-0.15, -0.1) is 0 Å². The number of aliphatic carboxylic acids is 1. The molecule has 0 aliphatic carbocycles. The van der Waals surface area contributed by atoms with Gasteiger partial charge in [0.1, 0.15) is 18.1 Å². The van der Waals surface area contributed by atoms with Crippen LogP contribution in [-0.2, 0) is 19.2 Å². The van der Waals surface area contributed by atoms with Gasteiger partial charge >= 0.3 is 5.97 Å². The number of thiol groups is 1. The van der Waals surface area contributed by atoms with Gasteiger partial charge in [0.05, 0.1) is 6.54 Å². The molecule has 0 saturated carbocycles. The van der Waals surface area contributed by atoms with Gasteiger partial charge in [-0.3, -0.25) is 19.2 Å². The minimum absolute atomic E-state index is 0.00146. The fourth-order valence-electron chi connectivity index (χ4n) is 2.29. The maximum absolute atomic E-state index is 12.3. The average Bonchev–Trinajstić information content (AvgIpc) is 3.00. The zero-order chi connectivity index (χ0) is 17.6. The molecule has 3 atom stereocenters. The highest BCUT2D eigenvalue weighted by molar-refractivity contribution is 7.80. The maximum Gasteiger partial charge on any atom is 0.325 e. The number of likely N-dealkylation sites (tertiary alicyclic amines) is 1. The fourth-order valence-corrected chi connectivity index (χ4v) is 2.55.